The van der Waals surface area contributed by atoms with Crippen LogP contribution >= 0.6 is 0 Å². The largest absolute Gasteiger partial charge is 0.378 e. The molecule has 2 aliphatic rings. The van der Waals surface area contributed by atoms with Crippen LogP contribution in [-0.4, -0.2) is 62.6 Å². The van der Waals surface area contributed by atoms with Crippen LogP contribution in [0.4, 0.5) is 0 Å². The van der Waals surface area contributed by atoms with Crippen molar-refractivity contribution in [2.24, 2.45) is 0 Å². The molecule has 5 nitrogen and oxygen atoms in total. The maximum absolute atomic E-state index is 12.6. The number of hydrogen-bond acceptors (Lipinski definition) is 4. The van der Waals surface area contributed by atoms with Gasteiger partial charge < -0.3 is 4.74 Å². The minimum atomic E-state index is -3.25. The number of fused-ring (bicyclic) bond motifs is 1. The Morgan fingerprint density at radius 3 is 2.71 bits per heavy atom. The summed E-state index contributed by atoms with van der Waals surface area (Å²) < 4.78 is 32.4. The summed E-state index contributed by atoms with van der Waals surface area (Å²) in [5, 5.41) is 0. The first-order valence-electron chi connectivity index (χ1n) is 7.41. The van der Waals surface area contributed by atoms with Gasteiger partial charge in [0.1, 0.15) is 0 Å². The summed E-state index contributed by atoms with van der Waals surface area (Å²) in [7, 11) is -3.25. The standard InChI is InChI=1S/C15H22N2O3S/c1-13-10-20-11-15-9-16(7-8-17(13)15)21(18,19)12-14-5-3-2-4-6-14/h2-6,13,15H,7-12H2,1H3/t13-,15+/m0/s1. The molecule has 0 radical (unpaired) electrons. The predicted octanol–water partition coefficient (Wildman–Crippen LogP) is 0.921. The molecule has 0 amide bonds. The summed E-state index contributed by atoms with van der Waals surface area (Å²) in [6, 6.07) is 9.93. The van der Waals surface area contributed by atoms with E-state index >= 15 is 0 Å². The van der Waals surface area contributed by atoms with E-state index in [0.717, 1.165) is 18.7 Å². The normalized spacial score (nSPS) is 28.2. The van der Waals surface area contributed by atoms with Gasteiger partial charge in [-0.15, -0.1) is 0 Å². The fourth-order valence-electron chi connectivity index (χ4n) is 3.17. The van der Waals surface area contributed by atoms with E-state index in [1.54, 1.807) is 4.31 Å². The van der Waals surface area contributed by atoms with Crippen LogP contribution < -0.4 is 0 Å². The van der Waals surface area contributed by atoms with E-state index < -0.39 is 10.0 Å². The van der Waals surface area contributed by atoms with Crippen LogP contribution in [0.3, 0.4) is 0 Å². The fraction of sp³-hybridized carbons (Fsp3) is 0.600. The molecule has 1 aromatic carbocycles. The Bertz CT molecular complexity index is 576. The van der Waals surface area contributed by atoms with E-state index in [9.17, 15) is 8.42 Å². The molecule has 0 bridgehead atoms. The van der Waals surface area contributed by atoms with Crippen molar-refractivity contribution < 1.29 is 13.2 Å². The zero-order chi connectivity index (χ0) is 14.9. The Morgan fingerprint density at radius 2 is 1.95 bits per heavy atom. The first kappa shape index (κ1) is 15.0. The van der Waals surface area contributed by atoms with Gasteiger partial charge in [-0.3, -0.25) is 4.90 Å². The molecule has 0 unspecified atom stereocenters. The molecule has 0 aliphatic carbocycles. The second-order valence-corrected chi connectivity index (χ2v) is 7.85. The van der Waals surface area contributed by atoms with Crippen LogP contribution in [0.5, 0.6) is 0 Å². The van der Waals surface area contributed by atoms with Crippen LogP contribution in [0.1, 0.15) is 12.5 Å². The minimum Gasteiger partial charge on any atom is -0.378 e. The third-order valence-corrected chi connectivity index (χ3v) is 6.13. The van der Waals surface area contributed by atoms with Gasteiger partial charge in [-0.1, -0.05) is 30.3 Å². The van der Waals surface area contributed by atoms with Crippen molar-refractivity contribution in [2.75, 3.05) is 32.8 Å². The molecule has 2 saturated heterocycles. The topological polar surface area (TPSA) is 49.9 Å². The first-order valence-corrected chi connectivity index (χ1v) is 9.02. The lowest BCUT2D eigenvalue weighted by atomic mass is 10.1. The van der Waals surface area contributed by atoms with Crippen molar-refractivity contribution in [3.63, 3.8) is 0 Å². The lowest BCUT2D eigenvalue weighted by molar-refractivity contribution is -0.0635. The van der Waals surface area contributed by atoms with Gasteiger partial charge in [0.2, 0.25) is 10.0 Å². The zero-order valence-electron chi connectivity index (χ0n) is 12.3. The van der Waals surface area contributed by atoms with E-state index in [0.29, 0.717) is 25.7 Å². The molecule has 21 heavy (non-hydrogen) atoms. The zero-order valence-corrected chi connectivity index (χ0v) is 13.1. The van der Waals surface area contributed by atoms with Gasteiger partial charge in [0.25, 0.3) is 0 Å². The van der Waals surface area contributed by atoms with Crippen molar-refractivity contribution in [2.45, 2.75) is 24.8 Å². The SMILES string of the molecule is C[C@H]1COC[C@H]2CN(S(=O)(=O)Cc3ccccc3)CCN21. The van der Waals surface area contributed by atoms with E-state index in [4.69, 9.17) is 4.74 Å². The molecule has 0 spiro atoms. The molecule has 116 valence electrons. The van der Waals surface area contributed by atoms with Crippen LogP contribution in [0.25, 0.3) is 0 Å². The van der Waals surface area contributed by atoms with Crippen molar-refractivity contribution >= 4 is 10.0 Å². The highest BCUT2D eigenvalue weighted by Gasteiger charge is 2.37. The predicted molar refractivity (Wildman–Crippen MR) is 81.4 cm³/mol. The lowest BCUT2D eigenvalue weighted by Gasteiger charge is -2.46. The maximum atomic E-state index is 12.6. The number of morpholine rings is 1. The molecule has 0 saturated carbocycles. The summed E-state index contributed by atoms with van der Waals surface area (Å²) in [6.45, 7) is 5.42. The Hall–Kier alpha value is -0.950. The van der Waals surface area contributed by atoms with Crippen molar-refractivity contribution in [3.05, 3.63) is 35.9 Å². The fourth-order valence-corrected chi connectivity index (χ4v) is 4.72. The van der Waals surface area contributed by atoms with Crippen molar-refractivity contribution in [1.29, 1.82) is 0 Å². The minimum absolute atomic E-state index is 0.0803. The summed E-state index contributed by atoms with van der Waals surface area (Å²) >= 11 is 0. The highest BCUT2D eigenvalue weighted by Crippen LogP contribution is 2.21. The molecule has 2 aliphatic heterocycles. The van der Waals surface area contributed by atoms with E-state index in [-0.39, 0.29) is 11.8 Å². The average molecular weight is 310 g/mol. The van der Waals surface area contributed by atoms with Gasteiger partial charge in [0, 0.05) is 31.7 Å². The Labute approximate surface area is 126 Å². The second-order valence-electron chi connectivity index (χ2n) is 5.88. The summed E-state index contributed by atoms with van der Waals surface area (Å²) in [6.07, 6.45) is 0. The number of nitrogens with zero attached hydrogens (tertiary/aromatic N) is 2. The molecule has 0 aromatic heterocycles. The summed E-state index contributed by atoms with van der Waals surface area (Å²) in [5.74, 6) is 0.0803. The molecular formula is C15H22N2O3S. The smallest absolute Gasteiger partial charge is 0.218 e. The Kier molecular flexibility index (Phi) is 4.31. The van der Waals surface area contributed by atoms with Crippen molar-refractivity contribution in [1.82, 2.24) is 9.21 Å². The number of hydrogen-bond donors (Lipinski definition) is 0. The quantitative estimate of drug-likeness (QED) is 0.833. The molecule has 1 aromatic rings. The van der Waals surface area contributed by atoms with Crippen LogP contribution in [0.15, 0.2) is 30.3 Å². The van der Waals surface area contributed by atoms with Crippen molar-refractivity contribution in [3.8, 4) is 0 Å². The molecule has 2 fully saturated rings. The maximum Gasteiger partial charge on any atom is 0.218 e. The highest BCUT2D eigenvalue weighted by molar-refractivity contribution is 7.88. The third-order valence-electron chi connectivity index (χ3n) is 4.31. The van der Waals surface area contributed by atoms with Gasteiger partial charge in [0.05, 0.1) is 19.0 Å². The van der Waals surface area contributed by atoms with Gasteiger partial charge in [0.15, 0.2) is 0 Å². The van der Waals surface area contributed by atoms with Gasteiger partial charge in [-0.2, -0.15) is 4.31 Å². The molecule has 3 rings (SSSR count). The molecule has 0 N–H and O–H groups in total. The highest BCUT2D eigenvalue weighted by atomic mass is 32.2. The third kappa shape index (κ3) is 3.29. The van der Waals surface area contributed by atoms with Crippen LogP contribution in [0.2, 0.25) is 0 Å². The Balaban J connectivity index is 1.69. The first-order chi connectivity index (χ1) is 10.1. The molecule has 2 heterocycles. The number of ether oxygens (including phenoxy) is 1. The van der Waals surface area contributed by atoms with E-state index in [1.165, 1.54) is 0 Å². The number of rotatable bonds is 3. The molecule has 6 heteroatoms. The van der Waals surface area contributed by atoms with E-state index in [2.05, 4.69) is 11.8 Å². The average Bonchev–Trinajstić information content (AvgIpc) is 2.48. The number of benzene rings is 1. The summed E-state index contributed by atoms with van der Waals surface area (Å²) in [4.78, 5) is 2.37. The van der Waals surface area contributed by atoms with Crippen LogP contribution in [-0.2, 0) is 20.5 Å². The monoisotopic (exact) mass is 310 g/mol. The molecular weight excluding hydrogens is 288 g/mol. The van der Waals surface area contributed by atoms with Crippen LogP contribution in [0, 0.1) is 0 Å². The van der Waals surface area contributed by atoms with E-state index in [1.807, 2.05) is 30.3 Å². The summed E-state index contributed by atoms with van der Waals surface area (Å²) in [5.41, 5.74) is 0.841. The second kappa shape index (κ2) is 6.04. The van der Waals surface area contributed by atoms with Gasteiger partial charge >= 0.3 is 0 Å². The molecule has 2 atom stereocenters. The van der Waals surface area contributed by atoms with Gasteiger partial charge in [-0.25, -0.2) is 8.42 Å². The number of piperazine rings is 1. The lowest BCUT2D eigenvalue weighted by Crippen LogP contribution is -2.62. The van der Waals surface area contributed by atoms with Gasteiger partial charge in [-0.05, 0) is 12.5 Å². The number of sulfonamides is 1. The Morgan fingerprint density at radius 1 is 1.19 bits per heavy atom.